The molecule has 1 aromatic carbocycles. The van der Waals surface area contributed by atoms with E-state index in [0.29, 0.717) is 34.5 Å². The highest BCUT2D eigenvalue weighted by atomic mass is 35.5. The molecule has 2 heterocycles. The van der Waals surface area contributed by atoms with Crippen molar-refractivity contribution < 1.29 is 13.9 Å². The summed E-state index contributed by atoms with van der Waals surface area (Å²) in [6.45, 7) is 2.30. The third kappa shape index (κ3) is 3.52. The molecule has 1 unspecified atom stereocenters. The van der Waals surface area contributed by atoms with Gasteiger partial charge in [0.05, 0.1) is 22.9 Å². The number of furan rings is 1. The van der Waals surface area contributed by atoms with Crippen molar-refractivity contribution in [3.63, 3.8) is 0 Å². The number of benzene rings is 1. The van der Waals surface area contributed by atoms with E-state index in [4.69, 9.17) is 32.4 Å². The first-order valence-electron chi connectivity index (χ1n) is 7.39. The second-order valence-electron chi connectivity index (χ2n) is 5.14. The summed E-state index contributed by atoms with van der Waals surface area (Å²) >= 11 is 11.9. The number of esters is 1. The van der Waals surface area contributed by atoms with Gasteiger partial charge in [0.15, 0.2) is 11.8 Å². The quantitative estimate of drug-likeness (QED) is 0.586. The molecule has 3 rings (SSSR count). The third-order valence-electron chi connectivity index (χ3n) is 3.53. The van der Waals surface area contributed by atoms with E-state index >= 15 is 0 Å². The number of rotatable bonds is 5. The van der Waals surface area contributed by atoms with Gasteiger partial charge in [-0.15, -0.1) is 0 Å². The highest BCUT2D eigenvalue weighted by molar-refractivity contribution is 6.42. The van der Waals surface area contributed by atoms with Gasteiger partial charge in [-0.25, -0.2) is 9.79 Å². The van der Waals surface area contributed by atoms with Gasteiger partial charge in [0, 0.05) is 5.71 Å². The van der Waals surface area contributed by atoms with Crippen LogP contribution in [0.5, 0.6) is 0 Å². The maximum atomic E-state index is 12.1. The lowest BCUT2D eigenvalue weighted by molar-refractivity contribution is -0.133. The largest absolute Gasteiger partial charge is 0.459 e. The third-order valence-corrected chi connectivity index (χ3v) is 4.26. The lowest BCUT2D eigenvalue weighted by atomic mass is 10.1. The Bertz CT molecular complexity index is 813. The van der Waals surface area contributed by atoms with Crippen molar-refractivity contribution in [2.45, 2.75) is 25.9 Å². The average Bonchev–Trinajstić information content (AvgIpc) is 3.21. The highest BCUT2D eigenvalue weighted by Crippen LogP contribution is 2.23. The topological polar surface area (TPSA) is 64.2 Å². The second-order valence-corrected chi connectivity index (χ2v) is 5.96. The minimum atomic E-state index is -0.738. The standard InChI is InChI=1S/C17H14Cl2N2O3/c1-2-13(20-9-10-5-6-11(18)12(19)8-10)15-17(22)24-16(21-15)14-4-3-7-23-14/h3-8,15H,2,9H2,1H3. The zero-order chi connectivity index (χ0) is 17.1. The van der Waals surface area contributed by atoms with Gasteiger partial charge in [-0.1, -0.05) is 36.2 Å². The fourth-order valence-corrected chi connectivity index (χ4v) is 2.62. The SMILES string of the molecule is CCC(=NCc1ccc(Cl)c(Cl)c1)C1N=C(c2ccco2)OC1=O. The van der Waals surface area contributed by atoms with E-state index in [9.17, 15) is 4.79 Å². The summed E-state index contributed by atoms with van der Waals surface area (Å²) in [5.41, 5.74) is 1.55. The summed E-state index contributed by atoms with van der Waals surface area (Å²) in [7, 11) is 0. The molecular formula is C17H14Cl2N2O3. The van der Waals surface area contributed by atoms with Crippen LogP contribution in [0.3, 0.4) is 0 Å². The van der Waals surface area contributed by atoms with Crippen molar-refractivity contribution in [1.29, 1.82) is 0 Å². The van der Waals surface area contributed by atoms with E-state index in [2.05, 4.69) is 9.98 Å². The van der Waals surface area contributed by atoms with Gasteiger partial charge in [-0.2, -0.15) is 0 Å². The van der Waals surface area contributed by atoms with Crippen LogP contribution in [-0.2, 0) is 16.1 Å². The average molecular weight is 365 g/mol. The van der Waals surface area contributed by atoms with Crippen molar-refractivity contribution in [2.24, 2.45) is 9.98 Å². The van der Waals surface area contributed by atoms with Gasteiger partial charge in [-0.3, -0.25) is 4.99 Å². The molecule has 1 aliphatic rings. The zero-order valence-electron chi connectivity index (χ0n) is 12.8. The number of cyclic esters (lactones) is 1. The fourth-order valence-electron chi connectivity index (χ4n) is 2.29. The van der Waals surface area contributed by atoms with Crippen molar-refractivity contribution in [3.05, 3.63) is 58.0 Å². The molecule has 2 aromatic rings. The lowest BCUT2D eigenvalue weighted by Crippen LogP contribution is -2.25. The summed E-state index contributed by atoms with van der Waals surface area (Å²) in [6, 6.07) is 7.97. The Hall–Kier alpha value is -2.11. The monoisotopic (exact) mass is 364 g/mol. The number of hydrogen-bond donors (Lipinski definition) is 0. The van der Waals surface area contributed by atoms with E-state index in [1.165, 1.54) is 6.26 Å². The smallest absolute Gasteiger partial charge is 0.343 e. The highest BCUT2D eigenvalue weighted by Gasteiger charge is 2.34. The van der Waals surface area contributed by atoms with Crippen LogP contribution in [-0.4, -0.2) is 23.6 Å². The van der Waals surface area contributed by atoms with Gasteiger partial charge in [-0.05, 0) is 36.2 Å². The van der Waals surface area contributed by atoms with Gasteiger partial charge in [0.2, 0.25) is 0 Å². The normalized spacial score (nSPS) is 17.8. The number of carbonyl (C=O) groups is 1. The molecule has 1 atom stereocenters. The molecule has 0 N–H and O–H groups in total. The minimum absolute atomic E-state index is 0.186. The van der Waals surface area contributed by atoms with Crippen LogP contribution in [0.2, 0.25) is 10.0 Å². The van der Waals surface area contributed by atoms with Gasteiger partial charge >= 0.3 is 5.97 Å². The first-order chi connectivity index (χ1) is 11.6. The first-order valence-corrected chi connectivity index (χ1v) is 8.14. The van der Waals surface area contributed by atoms with E-state index in [1.807, 2.05) is 13.0 Å². The van der Waals surface area contributed by atoms with E-state index in [-0.39, 0.29) is 5.90 Å². The molecule has 0 amide bonds. The lowest BCUT2D eigenvalue weighted by Gasteiger charge is -2.07. The van der Waals surface area contributed by atoms with Gasteiger partial charge < -0.3 is 9.15 Å². The molecule has 24 heavy (non-hydrogen) atoms. The van der Waals surface area contributed by atoms with Crippen molar-refractivity contribution in [3.8, 4) is 0 Å². The number of aliphatic imine (C=N–C) groups is 2. The Morgan fingerprint density at radius 2 is 2.12 bits per heavy atom. The molecule has 1 aliphatic heterocycles. The molecule has 1 aromatic heterocycles. The number of halogens is 2. The zero-order valence-corrected chi connectivity index (χ0v) is 14.3. The molecule has 0 radical (unpaired) electrons. The van der Waals surface area contributed by atoms with E-state index < -0.39 is 12.0 Å². The predicted octanol–water partition coefficient (Wildman–Crippen LogP) is 4.31. The Morgan fingerprint density at radius 1 is 1.29 bits per heavy atom. The van der Waals surface area contributed by atoms with Crippen molar-refractivity contribution >= 4 is 40.8 Å². The molecular weight excluding hydrogens is 351 g/mol. The van der Waals surface area contributed by atoms with Crippen LogP contribution in [0, 0.1) is 0 Å². The molecule has 7 heteroatoms. The Labute approximate surface area is 149 Å². The summed E-state index contributed by atoms with van der Waals surface area (Å²) in [5.74, 6) is 0.160. The fraction of sp³-hybridized carbons (Fsp3) is 0.235. The molecule has 5 nitrogen and oxygen atoms in total. The second kappa shape index (κ2) is 7.20. The molecule has 0 saturated heterocycles. The van der Waals surface area contributed by atoms with Crippen LogP contribution in [0.1, 0.15) is 24.7 Å². The Balaban J connectivity index is 1.80. The first kappa shape index (κ1) is 16.7. The van der Waals surface area contributed by atoms with Gasteiger partial charge in [0.25, 0.3) is 5.90 Å². The maximum absolute atomic E-state index is 12.1. The van der Waals surface area contributed by atoms with Crippen LogP contribution in [0.4, 0.5) is 0 Å². The van der Waals surface area contributed by atoms with E-state index in [1.54, 1.807) is 24.3 Å². The number of ether oxygens (including phenoxy) is 1. The van der Waals surface area contributed by atoms with Crippen LogP contribution < -0.4 is 0 Å². The molecule has 0 fully saturated rings. The molecule has 124 valence electrons. The summed E-state index contributed by atoms with van der Waals surface area (Å²) in [6.07, 6.45) is 2.08. The molecule has 0 bridgehead atoms. The van der Waals surface area contributed by atoms with Crippen molar-refractivity contribution in [2.75, 3.05) is 0 Å². The molecule has 0 aliphatic carbocycles. The molecule has 0 spiro atoms. The summed E-state index contributed by atoms with van der Waals surface area (Å²) in [4.78, 5) is 20.9. The molecule has 0 saturated carbocycles. The predicted molar refractivity (Wildman–Crippen MR) is 93.0 cm³/mol. The Morgan fingerprint density at radius 3 is 2.79 bits per heavy atom. The summed E-state index contributed by atoms with van der Waals surface area (Å²) in [5, 5.41) is 0.966. The number of nitrogens with zero attached hydrogens (tertiary/aromatic N) is 2. The van der Waals surface area contributed by atoms with E-state index in [0.717, 1.165) is 5.56 Å². The van der Waals surface area contributed by atoms with Crippen LogP contribution in [0.15, 0.2) is 51.0 Å². The van der Waals surface area contributed by atoms with Crippen LogP contribution in [0.25, 0.3) is 0 Å². The maximum Gasteiger partial charge on any atom is 0.343 e. The number of carbonyl (C=O) groups excluding carboxylic acids is 1. The number of hydrogen-bond acceptors (Lipinski definition) is 5. The minimum Gasteiger partial charge on any atom is -0.459 e. The van der Waals surface area contributed by atoms with Crippen molar-refractivity contribution in [1.82, 2.24) is 0 Å². The summed E-state index contributed by atoms with van der Waals surface area (Å²) < 4.78 is 10.4. The Kier molecular flexibility index (Phi) is 5.02. The van der Waals surface area contributed by atoms with Crippen LogP contribution >= 0.6 is 23.2 Å². The van der Waals surface area contributed by atoms with Gasteiger partial charge in [0.1, 0.15) is 0 Å².